The number of aryl methyl sites for hydroxylation is 1. The fourth-order valence-corrected chi connectivity index (χ4v) is 3.47. The summed E-state index contributed by atoms with van der Waals surface area (Å²) >= 11 is 17.1. The van der Waals surface area contributed by atoms with Gasteiger partial charge in [-0.2, -0.15) is 0 Å². The predicted octanol–water partition coefficient (Wildman–Crippen LogP) is 5.69. The first-order valence-corrected chi connectivity index (χ1v) is 10.6. The first kappa shape index (κ1) is 22.7. The topological polar surface area (TPSA) is 70.2 Å². The van der Waals surface area contributed by atoms with Crippen molar-refractivity contribution in [3.63, 3.8) is 0 Å². The molecule has 0 unspecified atom stereocenters. The van der Waals surface area contributed by atoms with E-state index in [1.54, 1.807) is 30.3 Å². The lowest BCUT2D eigenvalue weighted by Gasteiger charge is -2.11. The van der Waals surface area contributed by atoms with Crippen molar-refractivity contribution >= 4 is 63.7 Å². The van der Waals surface area contributed by atoms with E-state index in [0.29, 0.717) is 29.2 Å². The maximum atomic E-state index is 12.3. The summed E-state index contributed by atoms with van der Waals surface area (Å²) in [6, 6.07) is 21.4. The van der Waals surface area contributed by atoms with Crippen LogP contribution in [0.1, 0.15) is 22.3 Å². The highest BCUT2D eigenvalue weighted by Gasteiger charge is 2.12. The molecule has 2 amide bonds. The Morgan fingerprint density at radius 3 is 2.13 bits per heavy atom. The van der Waals surface area contributed by atoms with Gasteiger partial charge in [-0.05, 0) is 66.7 Å². The van der Waals surface area contributed by atoms with Gasteiger partial charge in [0.2, 0.25) is 5.91 Å². The van der Waals surface area contributed by atoms with Crippen LogP contribution in [0.15, 0.2) is 72.8 Å². The largest absolute Gasteiger partial charge is 0.332 e. The van der Waals surface area contributed by atoms with Gasteiger partial charge in [-0.3, -0.25) is 14.9 Å². The van der Waals surface area contributed by atoms with E-state index in [2.05, 4.69) is 16.0 Å². The molecule has 0 aliphatic heterocycles. The van der Waals surface area contributed by atoms with E-state index >= 15 is 0 Å². The molecular formula is C23H19Cl2N3O2S. The Bertz CT molecular complexity index is 1090. The van der Waals surface area contributed by atoms with Crippen molar-refractivity contribution in [2.24, 2.45) is 0 Å². The van der Waals surface area contributed by atoms with Crippen molar-refractivity contribution in [3.8, 4) is 0 Å². The van der Waals surface area contributed by atoms with Crippen LogP contribution in [0.3, 0.4) is 0 Å². The van der Waals surface area contributed by atoms with Crippen molar-refractivity contribution < 1.29 is 9.59 Å². The smallest absolute Gasteiger partial charge is 0.258 e. The molecule has 8 heteroatoms. The zero-order valence-electron chi connectivity index (χ0n) is 16.3. The average molecular weight is 472 g/mol. The molecule has 3 N–H and O–H groups in total. The Morgan fingerprint density at radius 2 is 1.48 bits per heavy atom. The quantitative estimate of drug-likeness (QED) is 0.403. The molecule has 0 aliphatic rings. The van der Waals surface area contributed by atoms with Gasteiger partial charge >= 0.3 is 0 Å². The Labute approximate surface area is 195 Å². The first-order chi connectivity index (χ1) is 14.9. The predicted molar refractivity (Wildman–Crippen MR) is 130 cm³/mol. The minimum absolute atomic E-state index is 0.0628. The van der Waals surface area contributed by atoms with Crippen molar-refractivity contribution in [2.45, 2.75) is 12.8 Å². The molecule has 0 aliphatic carbocycles. The molecule has 0 saturated heterocycles. The number of hydrogen-bond acceptors (Lipinski definition) is 3. The van der Waals surface area contributed by atoms with Crippen LogP contribution < -0.4 is 16.0 Å². The van der Waals surface area contributed by atoms with Gasteiger partial charge in [0.05, 0.1) is 10.6 Å². The van der Waals surface area contributed by atoms with Gasteiger partial charge in [0.25, 0.3) is 5.91 Å². The first-order valence-electron chi connectivity index (χ1n) is 9.42. The van der Waals surface area contributed by atoms with Gasteiger partial charge in [-0.25, -0.2) is 0 Å². The van der Waals surface area contributed by atoms with Crippen molar-refractivity contribution in [1.82, 2.24) is 5.32 Å². The van der Waals surface area contributed by atoms with Crippen LogP contribution in [0, 0.1) is 0 Å². The number of benzene rings is 3. The summed E-state index contributed by atoms with van der Waals surface area (Å²) in [5.74, 6) is -0.506. The number of amides is 2. The lowest BCUT2D eigenvalue weighted by molar-refractivity contribution is -0.116. The van der Waals surface area contributed by atoms with Gasteiger partial charge in [-0.1, -0.05) is 53.5 Å². The van der Waals surface area contributed by atoms with Crippen molar-refractivity contribution in [3.05, 3.63) is 94.0 Å². The van der Waals surface area contributed by atoms with Crippen LogP contribution in [0.25, 0.3) is 0 Å². The summed E-state index contributed by atoms with van der Waals surface area (Å²) in [5.41, 5.74) is 2.72. The number of halogens is 2. The van der Waals surface area contributed by atoms with Crippen LogP contribution in [-0.4, -0.2) is 16.9 Å². The lowest BCUT2D eigenvalue weighted by atomic mass is 10.1. The zero-order valence-corrected chi connectivity index (χ0v) is 18.7. The SMILES string of the molecule is O=C(CCc1ccccc1)Nc1ccc(NC(=S)NC(=O)c2ccc(Cl)cc2Cl)cc1. The Kier molecular flexibility index (Phi) is 8.00. The number of rotatable bonds is 6. The van der Waals surface area contributed by atoms with Crippen LogP contribution in [0.2, 0.25) is 10.0 Å². The standard InChI is InChI=1S/C23H19Cl2N3O2S/c24-16-7-12-19(20(25)14-16)22(30)28-23(31)27-18-10-8-17(9-11-18)26-21(29)13-6-15-4-2-1-3-5-15/h1-5,7-12,14H,6,13H2,(H,26,29)(H2,27,28,30,31). The van der Waals surface area contributed by atoms with E-state index in [4.69, 9.17) is 35.4 Å². The summed E-state index contributed by atoms with van der Waals surface area (Å²) in [6.45, 7) is 0. The number of nitrogens with one attached hydrogen (secondary N) is 3. The summed E-state index contributed by atoms with van der Waals surface area (Å²) in [7, 11) is 0. The van der Waals surface area contributed by atoms with E-state index in [1.807, 2.05) is 30.3 Å². The van der Waals surface area contributed by atoms with E-state index in [1.165, 1.54) is 12.1 Å². The van der Waals surface area contributed by atoms with Crippen LogP contribution >= 0.6 is 35.4 Å². The monoisotopic (exact) mass is 471 g/mol. The fourth-order valence-electron chi connectivity index (χ4n) is 2.77. The Balaban J connectivity index is 1.48. The van der Waals surface area contributed by atoms with Crippen LogP contribution in [0.5, 0.6) is 0 Å². The molecule has 5 nitrogen and oxygen atoms in total. The second-order valence-corrected chi connectivity index (χ2v) is 7.90. The molecule has 0 bridgehead atoms. The molecule has 0 saturated carbocycles. The van der Waals surface area contributed by atoms with Crippen molar-refractivity contribution in [1.29, 1.82) is 0 Å². The van der Waals surface area contributed by atoms with Crippen LogP contribution in [-0.2, 0) is 11.2 Å². The third kappa shape index (κ3) is 7.07. The molecule has 0 spiro atoms. The molecule has 3 rings (SSSR count). The molecule has 158 valence electrons. The average Bonchev–Trinajstić information content (AvgIpc) is 2.74. The van der Waals surface area contributed by atoms with E-state index in [0.717, 1.165) is 5.56 Å². The number of hydrogen-bond donors (Lipinski definition) is 3. The maximum absolute atomic E-state index is 12.3. The third-order valence-corrected chi connectivity index (χ3v) is 5.06. The van der Waals surface area contributed by atoms with E-state index < -0.39 is 5.91 Å². The number of thiocarbonyl (C=S) groups is 1. The zero-order chi connectivity index (χ0) is 22.2. The molecule has 3 aromatic carbocycles. The maximum Gasteiger partial charge on any atom is 0.258 e. The highest BCUT2D eigenvalue weighted by atomic mass is 35.5. The van der Waals surface area contributed by atoms with Gasteiger partial charge in [0.1, 0.15) is 0 Å². The van der Waals surface area contributed by atoms with Gasteiger partial charge in [0, 0.05) is 22.8 Å². The number of carbonyl (C=O) groups is 2. The second-order valence-electron chi connectivity index (χ2n) is 6.64. The van der Waals surface area contributed by atoms with Crippen LogP contribution in [0.4, 0.5) is 11.4 Å². The second kappa shape index (κ2) is 10.9. The Hall–Kier alpha value is -2.93. The molecule has 0 atom stereocenters. The molecule has 0 heterocycles. The lowest BCUT2D eigenvalue weighted by Crippen LogP contribution is -2.34. The minimum Gasteiger partial charge on any atom is -0.332 e. The molecular weight excluding hydrogens is 453 g/mol. The van der Waals surface area contributed by atoms with E-state index in [9.17, 15) is 9.59 Å². The minimum atomic E-state index is -0.443. The number of anilines is 2. The highest BCUT2D eigenvalue weighted by molar-refractivity contribution is 7.80. The van der Waals surface area contributed by atoms with E-state index in [-0.39, 0.29) is 21.6 Å². The molecule has 0 fully saturated rings. The Morgan fingerprint density at radius 1 is 0.839 bits per heavy atom. The van der Waals surface area contributed by atoms with Gasteiger partial charge < -0.3 is 10.6 Å². The molecule has 0 aromatic heterocycles. The number of carbonyl (C=O) groups excluding carboxylic acids is 2. The third-order valence-electron chi connectivity index (χ3n) is 4.31. The summed E-state index contributed by atoms with van der Waals surface area (Å²) in [5, 5.41) is 9.15. The molecule has 31 heavy (non-hydrogen) atoms. The summed E-state index contributed by atoms with van der Waals surface area (Å²) in [6.07, 6.45) is 1.07. The normalized spacial score (nSPS) is 10.3. The molecule has 3 aromatic rings. The highest BCUT2D eigenvalue weighted by Crippen LogP contribution is 2.21. The van der Waals surface area contributed by atoms with Gasteiger partial charge in [0.15, 0.2) is 5.11 Å². The fraction of sp³-hybridized carbons (Fsp3) is 0.0870. The van der Waals surface area contributed by atoms with Crippen molar-refractivity contribution in [2.75, 3.05) is 10.6 Å². The summed E-state index contributed by atoms with van der Waals surface area (Å²) in [4.78, 5) is 24.4. The summed E-state index contributed by atoms with van der Waals surface area (Å²) < 4.78 is 0. The molecule has 0 radical (unpaired) electrons. The van der Waals surface area contributed by atoms with Gasteiger partial charge in [-0.15, -0.1) is 0 Å².